The maximum absolute atomic E-state index is 13.0. The number of H-pyrrole nitrogens is 1. The van der Waals surface area contributed by atoms with Gasteiger partial charge in [-0.25, -0.2) is 4.68 Å². The van der Waals surface area contributed by atoms with Gasteiger partial charge in [-0.1, -0.05) is 72.3 Å². The molecule has 0 unspecified atom stereocenters. The molecule has 5 rings (SSSR count). The summed E-state index contributed by atoms with van der Waals surface area (Å²) in [5.41, 5.74) is 6.28. The highest BCUT2D eigenvalue weighted by atomic mass is 16.1. The second-order valence-electron chi connectivity index (χ2n) is 9.40. The van der Waals surface area contributed by atoms with Crippen LogP contribution in [0.1, 0.15) is 33.6 Å². The monoisotopic (exact) mass is 478 g/mol. The van der Waals surface area contributed by atoms with Crippen LogP contribution in [0, 0.1) is 13.8 Å². The SMILES string of the molecule is Cc1ccc(CN(Cc2cc3ccc(C)cc3[nH]c2=O)Cc2nnnn2CCc2ccccc2)cc1. The van der Waals surface area contributed by atoms with Crippen molar-refractivity contribution in [1.82, 2.24) is 30.1 Å². The third-order valence-electron chi connectivity index (χ3n) is 6.43. The van der Waals surface area contributed by atoms with E-state index in [2.05, 4.69) is 80.9 Å². The molecule has 0 fully saturated rings. The summed E-state index contributed by atoms with van der Waals surface area (Å²) in [7, 11) is 0. The molecule has 2 aromatic heterocycles. The molecule has 0 saturated carbocycles. The Morgan fingerprint density at radius 3 is 2.42 bits per heavy atom. The fourth-order valence-electron chi connectivity index (χ4n) is 4.43. The standard InChI is InChI=1S/C29H30N6O/c1-21-8-11-24(12-9-21)18-34(19-26-17-25-13-10-22(2)16-27(25)30-29(26)36)20-28-31-32-33-35(28)15-14-23-6-4-3-5-7-23/h3-13,16-17H,14-15,18-20H2,1-2H3,(H,30,36). The lowest BCUT2D eigenvalue weighted by Crippen LogP contribution is -2.28. The number of pyridine rings is 1. The molecule has 0 aliphatic rings. The summed E-state index contributed by atoms with van der Waals surface area (Å²) in [6.07, 6.45) is 0.848. The van der Waals surface area contributed by atoms with Crippen LogP contribution in [0.4, 0.5) is 0 Å². The van der Waals surface area contributed by atoms with E-state index in [-0.39, 0.29) is 5.56 Å². The van der Waals surface area contributed by atoms with Crippen LogP contribution >= 0.6 is 0 Å². The van der Waals surface area contributed by atoms with E-state index in [1.54, 1.807) is 0 Å². The summed E-state index contributed by atoms with van der Waals surface area (Å²) >= 11 is 0. The van der Waals surface area contributed by atoms with E-state index in [1.165, 1.54) is 16.7 Å². The number of tetrazole rings is 1. The molecule has 0 atom stereocenters. The minimum atomic E-state index is -0.0642. The summed E-state index contributed by atoms with van der Waals surface area (Å²) in [6, 6.07) is 26.9. The van der Waals surface area contributed by atoms with Gasteiger partial charge in [-0.15, -0.1) is 5.10 Å². The summed E-state index contributed by atoms with van der Waals surface area (Å²) in [4.78, 5) is 18.3. The number of rotatable bonds is 9. The number of hydrogen-bond donors (Lipinski definition) is 1. The van der Waals surface area contributed by atoms with Gasteiger partial charge in [-0.05, 0) is 64.9 Å². The Morgan fingerprint density at radius 1 is 0.833 bits per heavy atom. The van der Waals surface area contributed by atoms with Crippen LogP contribution in [-0.2, 0) is 32.6 Å². The minimum Gasteiger partial charge on any atom is -0.322 e. The zero-order valence-electron chi connectivity index (χ0n) is 20.7. The molecule has 0 radical (unpaired) electrons. The van der Waals surface area contributed by atoms with E-state index in [0.29, 0.717) is 26.2 Å². The molecule has 0 aliphatic heterocycles. The number of aromatic nitrogens is 5. The van der Waals surface area contributed by atoms with Crippen LogP contribution in [-0.4, -0.2) is 30.1 Å². The number of hydrogen-bond acceptors (Lipinski definition) is 5. The molecule has 0 spiro atoms. The molecule has 3 aromatic carbocycles. The molecule has 0 saturated heterocycles. The first kappa shape index (κ1) is 23.6. The quantitative estimate of drug-likeness (QED) is 0.336. The Balaban J connectivity index is 1.40. The Kier molecular flexibility index (Phi) is 7.00. The third-order valence-corrected chi connectivity index (χ3v) is 6.43. The lowest BCUT2D eigenvalue weighted by molar-refractivity contribution is 0.235. The van der Waals surface area contributed by atoms with E-state index in [0.717, 1.165) is 34.3 Å². The average Bonchev–Trinajstić information content (AvgIpc) is 3.32. The maximum Gasteiger partial charge on any atom is 0.252 e. The van der Waals surface area contributed by atoms with Crippen molar-refractivity contribution in [2.45, 2.75) is 46.4 Å². The van der Waals surface area contributed by atoms with Gasteiger partial charge in [0.05, 0.1) is 6.54 Å². The Bertz CT molecular complexity index is 1500. The largest absolute Gasteiger partial charge is 0.322 e. The van der Waals surface area contributed by atoms with Gasteiger partial charge in [0, 0.05) is 30.7 Å². The smallest absolute Gasteiger partial charge is 0.252 e. The first-order valence-electron chi connectivity index (χ1n) is 12.2. The molecule has 7 heteroatoms. The second-order valence-corrected chi connectivity index (χ2v) is 9.40. The van der Waals surface area contributed by atoms with Gasteiger partial charge in [-0.3, -0.25) is 9.69 Å². The zero-order chi connectivity index (χ0) is 24.9. The van der Waals surface area contributed by atoms with Gasteiger partial charge in [0.1, 0.15) is 0 Å². The van der Waals surface area contributed by atoms with Crippen LogP contribution < -0.4 is 5.56 Å². The highest BCUT2D eigenvalue weighted by molar-refractivity contribution is 5.79. The van der Waals surface area contributed by atoms with Crippen LogP contribution in [0.15, 0.2) is 83.7 Å². The lowest BCUT2D eigenvalue weighted by atomic mass is 10.1. The fourth-order valence-corrected chi connectivity index (χ4v) is 4.43. The molecule has 0 amide bonds. The van der Waals surface area contributed by atoms with Crippen molar-refractivity contribution in [3.8, 4) is 0 Å². The Labute approximate surface area is 210 Å². The van der Waals surface area contributed by atoms with Gasteiger partial charge in [0.15, 0.2) is 5.82 Å². The van der Waals surface area contributed by atoms with E-state index in [4.69, 9.17) is 0 Å². The highest BCUT2D eigenvalue weighted by Crippen LogP contribution is 2.17. The van der Waals surface area contributed by atoms with Crippen LogP contribution in [0.2, 0.25) is 0 Å². The number of nitrogens with zero attached hydrogens (tertiary/aromatic N) is 5. The zero-order valence-corrected chi connectivity index (χ0v) is 20.7. The van der Waals surface area contributed by atoms with Crippen molar-refractivity contribution in [3.05, 3.63) is 123 Å². The predicted octanol–water partition coefficient (Wildman–Crippen LogP) is 4.58. The van der Waals surface area contributed by atoms with E-state index < -0.39 is 0 Å². The van der Waals surface area contributed by atoms with Crippen molar-refractivity contribution in [1.29, 1.82) is 0 Å². The molecule has 2 heterocycles. The topological polar surface area (TPSA) is 79.7 Å². The number of aryl methyl sites for hydroxylation is 4. The van der Waals surface area contributed by atoms with Crippen molar-refractivity contribution >= 4 is 10.9 Å². The van der Waals surface area contributed by atoms with Crippen molar-refractivity contribution in [2.75, 3.05) is 0 Å². The second kappa shape index (κ2) is 10.7. The van der Waals surface area contributed by atoms with Crippen LogP contribution in [0.25, 0.3) is 10.9 Å². The number of benzene rings is 3. The van der Waals surface area contributed by atoms with Crippen molar-refractivity contribution in [3.63, 3.8) is 0 Å². The van der Waals surface area contributed by atoms with Gasteiger partial charge < -0.3 is 4.98 Å². The maximum atomic E-state index is 13.0. The highest BCUT2D eigenvalue weighted by Gasteiger charge is 2.16. The van der Waals surface area contributed by atoms with Crippen molar-refractivity contribution < 1.29 is 0 Å². The van der Waals surface area contributed by atoms with E-state index >= 15 is 0 Å². The van der Waals surface area contributed by atoms with Gasteiger partial charge in [-0.2, -0.15) is 0 Å². The van der Waals surface area contributed by atoms with E-state index in [1.807, 2.05) is 41.9 Å². The van der Waals surface area contributed by atoms with Gasteiger partial charge in [0.25, 0.3) is 5.56 Å². The number of aromatic amines is 1. The summed E-state index contributed by atoms with van der Waals surface area (Å²) in [5, 5.41) is 13.5. The molecule has 0 bridgehead atoms. The fraction of sp³-hybridized carbons (Fsp3) is 0.241. The molecule has 182 valence electrons. The van der Waals surface area contributed by atoms with Gasteiger partial charge in [0.2, 0.25) is 0 Å². The minimum absolute atomic E-state index is 0.0642. The molecule has 5 aromatic rings. The average molecular weight is 479 g/mol. The lowest BCUT2D eigenvalue weighted by Gasteiger charge is -2.22. The van der Waals surface area contributed by atoms with E-state index in [9.17, 15) is 4.79 Å². The summed E-state index contributed by atoms with van der Waals surface area (Å²) in [6.45, 7) is 6.49. The Morgan fingerprint density at radius 2 is 1.61 bits per heavy atom. The summed E-state index contributed by atoms with van der Waals surface area (Å²) < 4.78 is 1.86. The molecular formula is C29H30N6O. The van der Waals surface area contributed by atoms with Gasteiger partial charge >= 0.3 is 0 Å². The van der Waals surface area contributed by atoms with Crippen LogP contribution in [0.3, 0.4) is 0 Å². The molecule has 0 aliphatic carbocycles. The third kappa shape index (κ3) is 5.75. The molecule has 36 heavy (non-hydrogen) atoms. The first-order chi connectivity index (χ1) is 17.5. The first-order valence-corrected chi connectivity index (χ1v) is 12.2. The van der Waals surface area contributed by atoms with Crippen molar-refractivity contribution in [2.24, 2.45) is 0 Å². The molecule has 1 N–H and O–H groups in total. The number of fused-ring (bicyclic) bond motifs is 1. The predicted molar refractivity (Wildman–Crippen MR) is 141 cm³/mol. The number of nitrogens with one attached hydrogen (secondary N) is 1. The molecule has 7 nitrogen and oxygen atoms in total. The Hall–Kier alpha value is -4.10. The summed E-state index contributed by atoms with van der Waals surface area (Å²) in [5.74, 6) is 0.783. The molecular weight excluding hydrogens is 448 g/mol. The van der Waals surface area contributed by atoms with Crippen LogP contribution in [0.5, 0.6) is 0 Å². The normalized spacial score (nSPS) is 11.4.